The molecule has 1 saturated carbocycles. The third-order valence-electron chi connectivity index (χ3n) is 4.65. The molecule has 2 unspecified atom stereocenters. The maximum Gasteiger partial charge on any atom is 0.0513 e. The molecule has 1 aliphatic carbocycles. The SMILES string of the molecule is CC(C)N(CC1CC1)C(C)(CN)C1CCOC1. The molecule has 0 radical (unpaired) electrons. The zero-order valence-corrected chi connectivity index (χ0v) is 11.6. The Labute approximate surface area is 106 Å². The first-order valence-electron chi connectivity index (χ1n) is 7.12. The minimum Gasteiger partial charge on any atom is -0.381 e. The van der Waals surface area contributed by atoms with Gasteiger partial charge in [0.1, 0.15) is 0 Å². The van der Waals surface area contributed by atoms with Crippen LogP contribution in [0.4, 0.5) is 0 Å². The van der Waals surface area contributed by atoms with Crippen LogP contribution in [0.25, 0.3) is 0 Å². The first-order valence-corrected chi connectivity index (χ1v) is 7.12. The van der Waals surface area contributed by atoms with E-state index >= 15 is 0 Å². The Morgan fingerprint density at radius 3 is 2.47 bits per heavy atom. The molecule has 2 rings (SSSR count). The van der Waals surface area contributed by atoms with Crippen LogP contribution in [0, 0.1) is 11.8 Å². The maximum atomic E-state index is 6.12. The molecular weight excluding hydrogens is 212 g/mol. The van der Waals surface area contributed by atoms with E-state index in [1.807, 2.05) is 0 Å². The lowest BCUT2D eigenvalue weighted by molar-refractivity contribution is 0.0173. The number of hydrogen-bond acceptors (Lipinski definition) is 3. The van der Waals surface area contributed by atoms with Gasteiger partial charge in [-0.3, -0.25) is 4.90 Å². The monoisotopic (exact) mass is 240 g/mol. The highest BCUT2D eigenvalue weighted by Crippen LogP contribution is 2.37. The molecule has 0 aromatic heterocycles. The van der Waals surface area contributed by atoms with E-state index in [-0.39, 0.29) is 5.54 Å². The zero-order chi connectivity index (χ0) is 12.5. The van der Waals surface area contributed by atoms with Gasteiger partial charge in [0.2, 0.25) is 0 Å². The predicted molar refractivity (Wildman–Crippen MR) is 71.0 cm³/mol. The summed E-state index contributed by atoms with van der Waals surface area (Å²) in [4.78, 5) is 2.64. The van der Waals surface area contributed by atoms with Gasteiger partial charge in [-0.1, -0.05) is 0 Å². The van der Waals surface area contributed by atoms with E-state index in [9.17, 15) is 0 Å². The minimum absolute atomic E-state index is 0.118. The van der Waals surface area contributed by atoms with E-state index in [1.165, 1.54) is 25.8 Å². The van der Waals surface area contributed by atoms with Crippen LogP contribution < -0.4 is 5.73 Å². The summed E-state index contributed by atoms with van der Waals surface area (Å²) < 4.78 is 5.57. The second kappa shape index (κ2) is 5.25. The number of ether oxygens (including phenoxy) is 1. The van der Waals surface area contributed by atoms with Crippen molar-refractivity contribution < 1.29 is 4.74 Å². The van der Waals surface area contributed by atoms with E-state index in [0.717, 1.165) is 25.7 Å². The van der Waals surface area contributed by atoms with Gasteiger partial charge in [-0.25, -0.2) is 0 Å². The number of rotatable bonds is 6. The summed E-state index contributed by atoms with van der Waals surface area (Å²) in [5.74, 6) is 1.53. The van der Waals surface area contributed by atoms with E-state index in [4.69, 9.17) is 10.5 Å². The van der Waals surface area contributed by atoms with Gasteiger partial charge in [0, 0.05) is 37.2 Å². The van der Waals surface area contributed by atoms with Crippen molar-refractivity contribution in [2.75, 3.05) is 26.3 Å². The quantitative estimate of drug-likeness (QED) is 0.770. The molecule has 2 aliphatic rings. The van der Waals surface area contributed by atoms with Crippen molar-refractivity contribution >= 4 is 0 Å². The van der Waals surface area contributed by atoms with Crippen LogP contribution in [-0.4, -0.2) is 42.8 Å². The van der Waals surface area contributed by atoms with E-state index in [1.54, 1.807) is 0 Å². The van der Waals surface area contributed by atoms with Crippen LogP contribution >= 0.6 is 0 Å². The molecule has 1 aliphatic heterocycles. The number of hydrogen-bond donors (Lipinski definition) is 1. The Hall–Kier alpha value is -0.120. The Balaban J connectivity index is 2.09. The fourth-order valence-corrected chi connectivity index (χ4v) is 3.13. The lowest BCUT2D eigenvalue weighted by Gasteiger charge is -2.47. The molecule has 0 spiro atoms. The fourth-order valence-electron chi connectivity index (χ4n) is 3.13. The third kappa shape index (κ3) is 2.83. The molecule has 100 valence electrons. The molecule has 3 heteroatoms. The molecule has 2 N–H and O–H groups in total. The summed E-state index contributed by atoms with van der Waals surface area (Å²) in [5.41, 5.74) is 6.24. The normalized spacial score (nSPS) is 28.9. The standard InChI is InChI=1S/C14H28N2O/c1-11(2)16(8-12-4-5-12)14(3,10-15)13-6-7-17-9-13/h11-13H,4-10,15H2,1-3H3. The Morgan fingerprint density at radius 1 is 1.35 bits per heavy atom. The minimum atomic E-state index is 0.118. The summed E-state index contributed by atoms with van der Waals surface area (Å²) in [6.45, 7) is 10.7. The molecule has 2 fully saturated rings. The van der Waals surface area contributed by atoms with Gasteiger partial charge >= 0.3 is 0 Å². The lowest BCUT2D eigenvalue weighted by Crippen LogP contribution is -2.59. The summed E-state index contributed by atoms with van der Waals surface area (Å²) in [6, 6.07) is 0.574. The largest absolute Gasteiger partial charge is 0.381 e. The molecule has 1 saturated heterocycles. The average molecular weight is 240 g/mol. The van der Waals surface area contributed by atoms with Gasteiger partial charge in [-0.2, -0.15) is 0 Å². The van der Waals surface area contributed by atoms with E-state index in [0.29, 0.717) is 12.0 Å². The van der Waals surface area contributed by atoms with Gasteiger partial charge in [-0.05, 0) is 46.0 Å². The third-order valence-corrected chi connectivity index (χ3v) is 4.65. The topological polar surface area (TPSA) is 38.5 Å². The second-order valence-corrected chi connectivity index (χ2v) is 6.31. The predicted octanol–water partition coefficient (Wildman–Crippen LogP) is 1.86. The van der Waals surface area contributed by atoms with Crippen molar-refractivity contribution in [3.05, 3.63) is 0 Å². The molecule has 17 heavy (non-hydrogen) atoms. The van der Waals surface area contributed by atoms with Crippen LogP contribution in [0.5, 0.6) is 0 Å². The molecule has 1 heterocycles. The summed E-state index contributed by atoms with van der Waals surface area (Å²) in [6.07, 6.45) is 3.98. The van der Waals surface area contributed by atoms with Crippen molar-refractivity contribution in [2.24, 2.45) is 17.6 Å². The molecule has 0 aromatic carbocycles. The molecule has 0 amide bonds. The van der Waals surface area contributed by atoms with Gasteiger partial charge in [0.15, 0.2) is 0 Å². The van der Waals surface area contributed by atoms with Crippen LogP contribution in [0.3, 0.4) is 0 Å². The number of nitrogens with two attached hydrogens (primary N) is 1. The molecule has 0 bridgehead atoms. The summed E-state index contributed by atoms with van der Waals surface area (Å²) in [7, 11) is 0. The Kier molecular flexibility index (Phi) is 4.11. The Bertz CT molecular complexity index is 247. The van der Waals surface area contributed by atoms with E-state index < -0.39 is 0 Å². The molecule has 3 nitrogen and oxygen atoms in total. The van der Waals surface area contributed by atoms with Crippen molar-refractivity contribution in [3.8, 4) is 0 Å². The smallest absolute Gasteiger partial charge is 0.0513 e. The lowest BCUT2D eigenvalue weighted by atomic mass is 9.82. The number of nitrogens with zero attached hydrogens (tertiary/aromatic N) is 1. The molecular formula is C14H28N2O. The molecule has 0 aromatic rings. The highest BCUT2D eigenvalue weighted by Gasteiger charge is 2.43. The van der Waals surface area contributed by atoms with Gasteiger partial charge < -0.3 is 10.5 Å². The van der Waals surface area contributed by atoms with Crippen LogP contribution in [0.2, 0.25) is 0 Å². The summed E-state index contributed by atoms with van der Waals surface area (Å²) in [5, 5.41) is 0. The van der Waals surface area contributed by atoms with Gasteiger partial charge in [0.25, 0.3) is 0 Å². The molecule has 2 atom stereocenters. The first-order chi connectivity index (χ1) is 8.08. The van der Waals surface area contributed by atoms with Crippen molar-refractivity contribution in [1.82, 2.24) is 4.90 Å². The zero-order valence-electron chi connectivity index (χ0n) is 11.6. The summed E-state index contributed by atoms with van der Waals surface area (Å²) >= 11 is 0. The fraction of sp³-hybridized carbons (Fsp3) is 1.00. The van der Waals surface area contributed by atoms with Crippen molar-refractivity contribution in [2.45, 2.75) is 51.6 Å². The van der Waals surface area contributed by atoms with Gasteiger partial charge in [-0.15, -0.1) is 0 Å². The highest BCUT2D eigenvalue weighted by molar-refractivity contribution is 4.98. The maximum absolute atomic E-state index is 6.12. The van der Waals surface area contributed by atoms with Crippen molar-refractivity contribution in [3.63, 3.8) is 0 Å². The van der Waals surface area contributed by atoms with Crippen LogP contribution in [0.15, 0.2) is 0 Å². The van der Waals surface area contributed by atoms with Gasteiger partial charge in [0.05, 0.1) is 6.61 Å². The second-order valence-electron chi connectivity index (χ2n) is 6.31. The highest BCUT2D eigenvalue weighted by atomic mass is 16.5. The Morgan fingerprint density at radius 2 is 2.06 bits per heavy atom. The first kappa shape index (κ1) is 13.3. The average Bonchev–Trinajstić information content (AvgIpc) is 2.95. The van der Waals surface area contributed by atoms with E-state index in [2.05, 4.69) is 25.7 Å². The van der Waals surface area contributed by atoms with Crippen molar-refractivity contribution in [1.29, 1.82) is 0 Å². The van der Waals surface area contributed by atoms with Crippen LogP contribution in [0.1, 0.15) is 40.0 Å². The van der Waals surface area contributed by atoms with Crippen LogP contribution in [-0.2, 0) is 4.74 Å².